The number of methoxy groups -OCH3 is 1. The topological polar surface area (TPSA) is 67.4 Å². The van der Waals surface area contributed by atoms with Crippen molar-refractivity contribution < 1.29 is 14.3 Å². The van der Waals surface area contributed by atoms with E-state index in [1.807, 2.05) is 24.3 Å². The minimum absolute atomic E-state index is 0.264. The van der Waals surface area contributed by atoms with Crippen LogP contribution in [0.1, 0.15) is 15.9 Å². The van der Waals surface area contributed by atoms with Crippen molar-refractivity contribution in [2.45, 2.75) is 0 Å². The van der Waals surface area contributed by atoms with Gasteiger partial charge in [-0.1, -0.05) is 41.4 Å². The second-order valence-electron chi connectivity index (χ2n) is 5.25. The van der Waals surface area contributed by atoms with Crippen LogP contribution in [0.2, 0.25) is 10.0 Å². The van der Waals surface area contributed by atoms with Crippen LogP contribution in [0.3, 0.4) is 0 Å². The maximum atomic E-state index is 12.0. The van der Waals surface area contributed by atoms with E-state index >= 15 is 0 Å². The van der Waals surface area contributed by atoms with Gasteiger partial charge < -0.3 is 15.4 Å². The van der Waals surface area contributed by atoms with Gasteiger partial charge in [0.05, 0.1) is 17.2 Å². The highest BCUT2D eigenvalue weighted by atomic mass is 35.5. The summed E-state index contributed by atoms with van der Waals surface area (Å²) in [6.45, 7) is 0.579. The fraction of sp³-hybridized carbons (Fsp3) is 0.158. The second-order valence-corrected chi connectivity index (χ2v) is 6.07. The number of ether oxygens (including phenoxy) is 1. The van der Waals surface area contributed by atoms with Crippen molar-refractivity contribution in [1.82, 2.24) is 10.6 Å². The van der Waals surface area contributed by atoms with Gasteiger partial charge in [-0.2, -0.15) is 0 Å². The maximum Gasteiger partial charge on any atom is 0.251 e. The first-order valence-corrected chi connectivity index (χ1v) is 8.59. The molecule has 0 aromatic heterocycles. The fourth-order valence-electron chi connectivity index (χ4n) is 2.13. The SMILES string of the molecule is COc1ccccc1/C=C/C(=O)NCCNC(=O)c1ccc(Cl)c(Cl)c1. The molecule has 136 valence electrons. The predicted molar refractivity (Wildman–Crippen MR) is 104 cm³/mol. The van der Waals surface area contributed by atoms with Gasteiger partial charge in [0.15, 0.2) is 0 Å². The van der Waals surface area contributed by atoms with Crippen LogP contribution in [0.5, 0.6) is 5.75 Å². The monoisotopic (exact) mass is 392 g/mol. The summed E-state index contributed by atoms with van der Waals surface area (Å²) >= 11 is 11.7. The third kappa shape index (κ3) is 5.79. The lowest BCUT2D eigenvalue weighted by Crippen LogP contribution is -2.34. The molecule has 0 saturated heterocycles. The zero-order chi connectivity index (χ0) is 18.9. The number of para-hydroxylation sites is 1. The van der Waals surface area contributed by atoms with Crippen molar-refractivity contribution in [3.63, 3.8) is 0 Å². The second kappa shape index (κ2) is 9.85. The molecular formula is C19H18Cl2N2O3. The molecule has 0 aliphatic heterocycles. The molecule has 7 heteroatoms. The van der Waals surface area contributed by atoms with Crippen molar-refractivity contribution in [3.05, 3.63) is 69.7 Å². The van der Waals surface area contributed by atoms with Gasteiger partial charge >= 0.3 is 0 Å². The number of nitrogens with one attached hydrogen (secondary N) is 2. The summed E-state index contributed by atoms with van der Waals surface area (Å²) in [5.41, 5.74) is 1.21. The molecule has 0 aliphatic rings. The fourth-order valence-corrected chi connectivity index (χ4v) is 2.43. The normalized spacial score (nSPS) is 10.6. The van der Waals surface area contributed by atoms with Crippen molar-refractivity contribution in [2.75, 3.05) is 20.2 Å². The summed E-state index contributed by atoms with van der Waals surface area (Å²) in [6.07, 6.45) is 3.08. The quantitative estimate of drug-likeness (QED) is 0.559. The molecule has 0 fully saturated rings. The van der Waals surface area contributed by atoms with E-state index in [4.69, 9.17) is 27.9 Å². The molecular weight excluding hydrogens is 375 g/mol. The molecule has 0 unspecified atom stereocenters. The molecule has 5 nitrogen and oxygen atoms in total. The standard InChI is InChI=1S/C19H18Cl2N2O3/c1-26-17-5-3-2-4-13(17)7-9-18(24)22-10-11-23-19(25)14-6-8-15(20)16(21)12-14/h2-9,12H,10-11H2,1H3,(H,22,24)(H,23,25)/b9-7+. The molecule has 0 heterocycles. The summed E-state index contributed by atoms with van der Waals surface area (Å²) in [7, 11) is 1.57. The molecule has 2 rings (SSSR count). The van der Waals surface area contributed by atoms with E-state index in [0.29, 0.717) is 27.9 Å². The number of carbonyl (C=O) groups is 2. The van der Waals surface area contributed by atoms with Crippen LogP contribution in [-0.4, -0.2) is 32.0 Å². The van der Waals surface area contributed by atoms with Gasteiger partial charge in [-0.3, -0.25) is 9.59 Å². The molecule has 2 N–H and O–H groups in total. The lowest BCUT2D eigenvalue weighted by atomic mass is 10.2. The average Bonchev–Trinajstić information content (AvgIpc) is 2.65. The molecule has 2 amide bonds. The van der Waals surface area contributed by atoms with Crippen LogP contribution in [0, 0.1) is 0 Å². The Balaban J connectivity index is 1.77. The Bertz CT molecular complexity index is 822. The van der Waals surface area contributed by atoms with Crippen molar-refractivity contribution in [2.24, 2.45) is 0 Å². The lowest BCUT2D eigenvalue weighted by Gasteiger charge is -2.07. The Morgan fingerprint density at radius 3 is 2.50 bits per heavy atom. The average molecular weight is 393 g/mol. The smallest absolute Gasteiger partial charge is 0.251 e. The van der Waals surface area contributed by atoms with E-state index in [9.17, 15) is 9.59 Å². The number of halogens is 2. The predicted octanol–water partition coefficient (Wildman–Crippen LogP) is 3.56. The van der Waals surface area contributed by atoms with E-state index in [0.717, 1.165) is 5.56 Å². The summed E-state index contributed by atoms with van der Waals surface area (Å²) < 4.78 is 5.21. The summed E-state index contributed by atoms with van der Waals surface area (Å²) in [5.74, 6) is 0.132. The van der Waals surface area contributed by atoms with Gasteiger partial charge in [0, 0.05) is 30.3 Å². The number of amides is 2. The highest BCUT2D eigenvalue weighted by Crippen LogP contribution is 2.22. The highest BCUT2D eigenvalue weighted by molar-refractivity contribution is 6.42. The minimum Gasteiger partial charge on any atom is -0.496 e. The first-order chi connectivity index (χ1) is 12.5. The van der Waals surface area contributed by atoms with Crippen molar-refractivity contribution in [3.8, 4) is 5.75 Å². The van der Waals surface area contributed by atoms with Crippen LogP contribution in [-0.2, 0) is 4.79 Å². The highest BCUT2D eigenvalue weighted by Gasteiger charge is 2.07. The van der Waals surface area contributed by atoms with Gasteiger partial charge in [0.1, 0.15) is 5.75 Å². The van der Waals surface area contributed by atoms with Gasteiger partial charge in [-0.15, -0.1) is 0 Å². The van der Waals surface area contributed by atoms with E-state index in [1.165, 1.54) is 12.1 Å². The largest absolute Gasteiger partial charge is 0.496 e. The van der Waals surface area contributed by atoms with E-state index in [1.54, 1.807) is 25.3 Å². The van der Waals surface area contributed by atoms with Crippen LogP contribution < -0.4 is 15.4 Å². The third-order valence-electron chi connectivity index (χ3n) is 3.44. The third-order valence-corrected chi connectivity index (χ3v) is 4.18. The van der Waals surface area contributed by atoms with Crippen molar-refractivity contribution in [1.29, 1.82) is 0 Å². The molecule has 26 heavy (non-hydrogen) atoms. The van der Waals surface area contributed by atoms with Gasteiger partial charge in [-0.25, -0.2) is 0 Å². The van der Waals surface area contributed by atoms with Crippen LogP contribution in [0.25, 0.3) is 6.08 Å². The van der Waals surface area contributed by atoms with E-state index in [-0.39, 0.29) is 18.4 Å². The molecule has 0 saturated carbocycles. The Kier molecular flexibility index (Phi) is 7.51. The van der Waals surface area contributed by atoms with E-state index in [2.05, 4.69) is 10.6 Å². The molecule has 2 aromatic rings. The minimum atomic E-state index is -0.289. The number of hydrogen-bond acceptors (Lipinski definition) is 3. The summed E-state index contributed by atoms with van der Waals surface area (Å²) in [4.78, 5) is 23.8. The van der Waals surface area contributed by atoms with Crippen LogP contribution in [0.4, 0.5) is 0 Å². The van der Waals surface area contributed by atoms with Crippen molar-refractivity contribution >= 4 is 41.1 Å². The molecule has 0 radical (unpaired) electrons. The Morgan fingerprint density at radius 1 is 1.04 bits per heavy atom. The molecule has 0 aliphatic carbocycles. The lowest BCUT2D eigenvalue weighted by molar-refractivity contribution is -0.116. The van der Waals surface area contributed by atoms with Crippen LogP contribution >= 0.6 is 23.2 Å². The van der Waals surface area contributed by atoms with Gasteiger partial charge in [0.2, 0.25) is 5.91 Å². The molecule has 0 atom stereocenters. The number of hydrogen-bond donors (Lipinski definition) is 2. The molecule has 0 spiro atoms. The first-order valence-electron chi connectivity index (χ1n) is 7.83. The van der Waals surface area contributed by atoms with E-state index < -0.39 is 0 Å². The Labute approximate surface area is 161 Å². The number of rotatable bonds is 7. The first kappa shape index (κ1) is 19.8. The van der Waals surface area contributed by atoms with Gasteiger partial charge in [-0.05, 0) is 30.3 Å². The number of benzene rings is 2. The molecule has 0 bridgehead atoms. The molecule has 2 aromatic carbocycles. The maximum absolute atomic E-state index is 12.0. The summed E-state index contributed by atoms with van der Waals surface area (Å²) in [6, 6.07) is 12.0. The number of carbonyl (C=O) groups excluding carboxylic acids is 2. The zero-order valence-electron chi connectivity index (χ0n) is 14.1. The van der Waals surface area contributed by atoms with Crippen LogP contribution in [0.15, 0.2) is 48.5 Å². The Morgan fingerprint density at radius 2 is 1.77 bits per heavy atom. The summed E-state index contributed by atoms with van der Waals surface area (Å²) in [5, 5.41) is 6.08. The Hall–Kier alpha value is -2.50. The zero-order valence-corrected chi connectivity index (χ0v) is 15.6. The van der Waals surface area contributed by atoms with Gasteiger partial charge in [0.25, 0.3) is 5.91 Å².